The summed E-state index contributed by atoms with van der Waals surface area (Å²) < 4.78 is 25.8. The summed E-state index contributed by atoms with van der Waals surface area (Å²) in [6, 6.07) is 10.4. The van der Waals surface area contributed by atoms with Crippen molar-refractivity contribution in [1.82, 2.24) is 10.1 Å². The standard InChI is InChI=1S/C28H27Cl2FN4O4/c29-21-2-1-3-22(30)24(21)25(32)20(26(36)14-4-5-14)13-38-18-10-15-6-7-16(11-18)35(15)17-8-9-19(23(31)12-17)27-33-28(37)39-34-27/h1-3,8-9,12,14-16,18H,4-7,10-11,13,32H2,(H,33,34,37)/t15-,16?,18?/m0/s1. The summed E-state index contributed by atoms with van der Waals surface area (Å²) in [5.41, 5.74) is 8.59. The molecule has 2 aliphatic heterocycles. The van der Waals surface area contributed by atoms with Crippen molar-refractivity contribution in [2.75, 3.05) is 11.5 Å². The summed E-state index contributed by atoms with van der Waals surface area (Å²) in [6.07, 6.45) is 5.03. The van der Waals surface area contributed by atoms with E-state index in [9.17, 15) is 14.0 Å². The number of aromatic nitrogens is 2. The number of ether oxygens (including phenoxy) is 1. The van der Waals surface area contributed by atoms with Crippen LogP contribution >= 0.6 is 23.2 Å². The highest BCUT2D eigenvalue weighted by Gasteiger charge is 2.42. The number of fused-ring (bicyclic) bond motifs is 2. The first-order valence-corrected chi connectivity index (χ1v) is 13.8. The Balaban J connectivity index is 1.18. The first-order valence-electron chi connectivity index (χ1n) is 13.0. The number of piperidine rings is 1. The molecule has 0 amide bonds. The molecule has 2 saturated heterocycles. The van der Waals surface area contributed by atoms with Gasteiger partial charge in [-0.2, -0.15) is 0 Å². The number of benzene rings is 2. The molecule has 3 heterocycles. The van der Waals surface area contributed by atoms with Crippen LogP contribution in [0.15, 0.2) is 51.3 Å². The maximum absolute atomic E-state index is 15.0. The third-order valence-electron chi connectivity index (χ3n) is 7.90. The van der Waals surface area contributed by atoms with E-state index in [-0.39, 0.29) is 53.6 Å². The van der Waals surface area contributed by atoms with Gasteiger partial charge in [-0.25, -0.2) is 9.18 Å². The maximum atomic E-state index is 15.0. The Morgan fingerprint density at radius 1 is 1.13 bits per heavy atom. The van der Waals surface area contributed by atoms with Gasteiger partial charge in [0, 0.05) is 34.8 Å². The Morgan fingerprint density at radius 2 is 1.82 bits per heavy atom. The number of rotatable bonds is 8. The second kappa shape index (κ2) is 10.4. The molecule has 0 spiro atoms. The molecule has 3 aliphatic rings. The first kappa shape index (κ1) is 26.1. The molecule has 1 saturated carbocycles. The largest absolute Gasteiger partial charge is 0.439 e. The van der Waals surface area contributed by atoms with Gasteiger partial charge < -0.3 is 15.4 Å². The molecule has 11 heteroatoms. The number of hydrogen-bond acceptors (Lipinski definition) is 7. The van der Waals surface area contributed by atoms with Gasteiger partial charge in [0.05, 0.1) is 34.0 Å². The Kier molecular flexibility index (Phi) is 6.99. The van der Waals surface area contributed by atoms with Crippen LogP contribution in [0.5, 0.6) is 0 Å². The van der Waals surface area contributed by atoms with Crippen LogP contribution in [0.1, 0.15) is 44.1 Å². The highest BCUT2D eigenvalue weighted by Crippen LogP contribution is 2.42. The van der Waals surface area contributed by atoms with Crippen LogP contribution in [-0.2, 0) is 9.53 Å². The van der Waals surface area contributed by atoms with Crippen LogP contribution < -0.4 is 16.4 Å². The molecular formula is C28H27Cl2FN4O4. The van der Waals surface area contributed by atoms with Gasteiger partial charge in [-0.1, -0.05) is 34.4 Å². The highest BCUT2D eigenvalue weighted by atomic mass is 35.5. The monoisotopic (exact) mass is 572 g/mol. The number of nitrogens with zero attached hydrogens (tertiary/aromatic N) is 2. The molecule has 3 N–H and O–H groups in total. The van der Waals surface area contributed by atoms with Gasteiger partial charge in [0.2, 0.25) is 0 Å². The van der Waals surface area contributed by atoms with Crippen LogP contribution in [0.25, 0.3) is 17.1 Å². The molecule has 3 atom stereocenters. The SMILES string of the molecule is NC(=C(COC1CC2CC[C@@H](C1)N2c1ccc(-c2noc(=O)[nH]2)c(F)c1)C(=O)C1CC1)c1c(Cl)cccc1Cl. The highest BCUT2D eigenvalue weighted by molar-refractivity contribution is 6.37. The predicted octanol–water partition coefficient (Wildman–Crippen LogP) is 5.34. The Hall–Kier alpha value is -3.14. The van der Waals surface area contributed by atoms with Gasteiger partial charge in [0.25, 0.3) is 0 Å². The number of ketones is 1. The number of nitrogens with one attached hydrogen (secondary N) is 1. The summed E-state index contributed by atoms with van der Waals surface area (Å²) in [5, 5.41) is 4.36. The lowest BCUT2D eigenvalue weighted by atomic mass is 9.97. The fourth-order valence-corrected chi connectivity index (χ4v) is 6.47. The average molecular weight is 573 g/mol. The summed E-state index contributed by atoms with van der Waals surface area (Å²) in [6.45, 7) is 0.0893. The number of halogens is 3. The molecule has 39 heavy (non-hydrogen) atoms. The van der Waals surface area contributed by atoms with E-state index < -0.39 is 11.6 Å². The van der Waals surface area contributed by atoms with Gasteiger partial charge in [0.15, 0.2) is 11.6 Å². The number of Topliss-reactive ketones (excluding diaryl/α,β-unsaturated/α-hetero) is 1. The lowest BCUT2D eigenvalue weighted by Crippen LogP contribution is -2.45. The summed E-state index contributed by atoms with van der Waals surface area (Å²) in [5.74, 6) is -1.21. The lowest BCUT2D eigenvalue weighted by molar-refractivity contribution is -0.117. The van der Waals surface area contributed by atoms with Crippen molar-refractivity contribution in [3.8, 4) is 11.4 Å². The van der Waals surface area contributed by atoms with E-state index in [1.54, 1.807) is 24.3 Å². The van der Waals surface area contributed by atoms with Crippen LogP contribution in [0.3, 0.4) is 0 Å². The van der Waals surface area contributed by atoms with Crippen LogP contribution in [-0.4, -0.2) is 40.7 Å². The Bertz CT molecular complexity index is 1480. The van der Waals surface area contributed by atoms with Crippen molar-refractivity contribution < 1.29 is 18.4 Å². The van der Waals surface area contributed by atoms with Crippen molar-refractivity contribution in [2.24, 2.45) is 11.7 Å². The zero-order valence-corrected chi connectivity index (χ0v) is 22.5. The molecule has 2 unspecified atom stereocenters. The van der Waals surface area contributed by atoms with E-state index in [0.717, 1.165) is 44.2 Å². The van der Waals surface area contributed by atoms with Crippen molar-refractivity contribution in [3.05, 3.63) is 73.9 Å². The van der Waals surface area contributed by atoms with E-state index in [1.165, 1.54) is 6.07 Å². The fraction of sp³-hybridized carbons (Fsp3) is 0.393. The van der Waals surface area contributed by atoms with Gasteiger partial charge in [0.1, 0.15) is 5.82 Å². The van der Waals surface area contributed by atoms with Crippen molar-refractivity contribution in [2.45, 2.75) is 56.7 Å². The molecule has 3 fully saturated rings. The molecule has 8 nitrogen and oxygen atoms in total. The lowest BCUT2D eigenvalue weighted by Gasteiger charge is -2.40. The molecule has 3 aromatic rings. The molecule has 2 bridgehead atoms. The zero-order chi connectivity index (χ0) is 27.3. The van der Waals surface area contributed by atoms with Gasteiger partial charge in [-0.15, -0.1) is 0 Å². The van der Waals surface area contributed by atoms with E-state index in [4.69, 9.17) is 33.7 Å². The summed E-state index contributed by atoms with van der Waals surface area (Å²) in [7, 11) is 0. The molecule has 0 radical (unpaired) electrons. The second-order valence-corrected chi connectivity index (χ2v) is 11.2. The van der Waals surface area contributed by atoms with Crippen LogP contribution in [0.4, 0.5) is 10.1 Å². The van der Waals surface area contributed by atoms with Gasteiger partial charge in [-0.05, 0) is 68.9 Å². The fourth-order valence-electron chi connectivity index (χ4n) is 5.87. The van der Waals surface area contributed by atoms with Crippen molar-refractivity contribution in [1.29, 1.82) is 0 Å². The van der Waals surface area contributed by atoms with E-state index in [1.807, 2.05) is 6.07 Å². The van der Waals surface area contributed by atoms with Gasteiger partial charge >= 0.3 is 5.76 Å². The minimum atomic E-state index is -0.734. The third kappa shape index (κ3) is 5.11. The Morgan fingerprint density at radius 3 is 2.41 bits per heavy atom. The number of nitrogens with two attached hydrogens (primary N) is 1. The van der Waals surface area contributed by atoms with Crippen molar-refractivity contribution in [3.63, 3.8) is 0 Å². The van der Waals surface area contributed by atoms with E-state index in [0.29, 0.717) is 21.2 Å². The maximum Gasteiger partial charge on any atom is 0.439 e. The molecular weight excluding hydrogens is 546 g/mol. The molecule has 204 valence electrons. The van der Waals surface area contributed by atoms with E-state index >= 15 is 0 Å². The van der Waals surface area contributed by atoms with Crippen LogP contribution in [0, 0.1) is 11.7 Å². The minimum Gasteiger partial charge on any atom is -0.398 e. The number of carbonyl (C=O) groups is 1. The number of aromatic amines is 1. The summed E-state index contributed by atoms with van der Waals surface area (Å²) in [4.78, 5) is 29.1. The summed E-state index contributed by atoms with van der Waals surface area (Å²) >= 11 is 12.8. The number of hydrogen-bond donors (Lipinski definition) is 2. The topological polar surface area (TPSA) is 114 Å². The zero-order valence-electron chi connectivity index (χ0n) is 21.0. The van der Waals surface area contributed by atoms with Gasteiger partial charge in [-0.3, -0.25) is 14.3 Å². The first-order chi connectivity index (χ1) is 18.8. The molecule has 2 aromatic carbocycles. The van der Waals surface area contributed by atoms with E-state index in [2.05, 4.69) is 19.6 Å². The smallest absolute Gasteiger partial charge is 0.398 e. The Labute approximate surface area is 233 Å². The molecule has 1 aliphatic carbocycles. The quantitative estimate of drug-likeness (QED) is 0.350. The minimum absolute atomic E-state index is 0.00656. The number of H-pyrrole nitrogens is 1. The number of carbonyl (C=O) groups excluding carboxylic acids is 1. The normalized spacial score (nSPS) is 23.2. The predicted molar refractivity (Wildman–Crippen MR) is 146 cm³/mol. The van der Waals surface area contributed by atoms with Crippen LogP contribution in [0.2, 0.25) is 10.0 Å². The average Bonchev–Trinajstić information content (AvgIpc) is 3.61. The number of anilines is 1. The third-order valence-corrected chi connectivity index (χ3v) is 8.53. The van der Waals surface area contributed by atoms with Crippen molar-refractivity contribution >= 4 is 40.4 Å². The molecule has 1 aromatic heterocycles. The second-order valence-electron chi connectivity index (χ2n) is 10.4. The molecule has 6 rings (SSSR count).